The average Bonchev–Trinajstić information content (AvgIpc) is 2.45. The maximum atomic E-state index is 12.1. The number of methoxy groups -OCH3 is 2. The zero-order chi connectivity index (χ0) is 14.8. The van der Waals surface area contributed by atoms with Crippen LogP contribution in [-0.4, -0.2) is 45.8 Å². The van der Waals surface area contributed by atoms with Gasteiger partial charge in [-0.25, -0.2) is 8.42 Å². The fourth-order valence-corrected chi connectivity index (χ4v) is 3.63. The molecule has 0 radical (unpaired) electrons. The molecule has 0 amide bonds. The minimum absolute atomic E-state index is 0.0182. The summed E-state index contributed by atoms with van der Waals surface area (Å²) in [6, 6.07) is 3.76. The predicted molar refractivity (Wildman–Crippen MR) is 76.5 cm³/mol. The Balaban J connectivity index is 2.30. The van der Waals surface area contributed by atoms with Gasteiger partial charge in [-0.2, -0.15) is 4.31 Å². The van der Waals surface area contributed by atoms with E-state index in [0.29, 0.717) is 31.0 Å². The Morgan fingerprint density at radius 2 is 1.80 bits per heavy atom. The van der Waals surface area contributed by atoms with Crippen LogP contribution >= 0.6 is 0 Å². The van der Waals surface area contributed by atoms with E-state index in [2.05, 4.69) is 0 Å². The summed E-state index contributed by atoms with van der Waals surface area (Å²) < 4.78 is 36.1. The van der Waals surface area contributed by atoms with Crippen molar-refractivity contribution in [2.24, 2.45) is 5.73 Å². The molecule has 1 aliphatic rings. The van der Waals surface area contributed by atoms with Crippen LogP contribution in [0.25, 0.3) is 0 Å². The second kappa shape index (κ2) is 5.99. The topological polar surface area (TPSA) is 81.9 Å². The first-order valence-corrected chi connectivity index (χ1v) is 8.04. The van der Waals surface area contributed by atoms with Gasteiger partial charge >= 0.3 is 0 Å². The summed E-state index contributed by atoms with van der Waals surface area (Å²) in [5, 5.41) is 0. The van der Waals surface area contributed by atoms with E-state index >= 15 is 0 Å². The van der Waals surface area contributed by atoms with E-state index in [-0.39, 0.29) is 12.3 Å². The first-order valence-electron chi connectivity index (χ1n) is 6.43. The smallest absolute Gasteiger partial charge is 0.215 e. The molecule has 0 unspecified atom stereocenters. The highest BCUT2D eigenvalue weighted by Gasteiger charge is 2.27. The first kappa shape index (κ1) is 15.1. The second-order valence-corrected chi connectivity index (χ2v) is 6.75. The molecule has 0 aliphatic carbocycles. The summed E-state index contributed by atoms with van der Waals surface area (Å²) in [6.45, 7) is 0.973. The van der Waals surface area contributed by atoms with Gasteiger partial charge in [0.05, 0.1) is 20.0 Å². The van der Waals surface area contributed by atoms with Crippen molar-refractivity contribution in [3.05, 3.63) is 23.3 Å². The van der Waals surface area contributed by atoms with E-state index in [1.165, 1.54) is 4.31 Å². The Hall–Kier alpha value is -1.31. The molecule has 7 heteroatoms. The zero-order valence-electron chi connectivity index (χ0n) is 11.8. The summed E-state index contributed by atoms with van der Waals surface area (Å²) in [6.07, 6.45) is 0.666. The van der Waals surface area contributed by atoms with Crippen molar-refractivity contribution >= 4 is 10.0 Å². The van der Waals surface area contributed by atoms with Gasteiger partial charge in [-0.3, -0.25) is 0 Å². The summed E-state index contributed by atoms with van der Waals surface area (Å²) in [7, 11) is -0.121. The molecule has 2 N–H and O–H groups in total. The molecule has 0 saturated carbocycles. The maximum Gasteiger partial charge on any atom is 0.215 e. The van der Waals surface area contributed by atoms with Gasteiger partial charge in [0.15, 0.2) is 11.5 Å². The number of nitrogens with zero attached hydrogens (tertiary/aromatic N) is 1. The quantitative estimate of drug-likeness (QED) is 0.848. The lowest BCUT2D eigenvalue weighted by Crippen LogP contribution is -2.38. The number of sulfonamides is 1. The Morgan fingerprint density at radius 3 is 2.35 bits per heavy atom. The Bertz CT molecular complexity index is 586. The van der Waals surface area contributed by atoms with Crippen LogP contribution in [-0.2, 0) is 23.0 Å². The monoisotopic (exact) mass is 300 g/mol. The highest BCUT2D eigenvalue weighted by molar-refractivity contribution is 7.89. The number of ether oxygens (including phenoxy) is 2. The number of nitrogens with two attached hydrogens (primary N) is 1. The molecule has 0 fully saturated rings. The van der Waals surface area contributed by atoms with E-state index in [0.717, 1.165) is 11.1 Å². The van der Waals surface area contributed by atoms with Gasteiger partial charge in [0.2, 0.25) is 10.0 Å². The molecule has 0 atom stereocenters. The molecule has 0 saturated heterocycles. The molecule has 1 aromatic rings. The van der Waals surface area contributed by atoms with Crippen molar-refractivity contribution in [1.29, 1.82) is 0 Å². The normalized spacial score (nSPS) is 15.8. The van der Waals surface area contributed by atoms with Crippen LogP contribution in [0, 0.1) is 0 Å². The predicted octanol–water partition coefficient (Wildman–Crippen LogP) is 0.350. The molecule has 0 spiro atoms. The van der Waals surface area contributed by atoms with Gasteiger partial charge in [0, 0.05) is 19.6 Å². The Kier molecular flexibility index (Phi) is 4.52. The highest BCUT2D eigenvalue weighted by Crippen LogP contribution is 2.33. The number of benzene rings is 1. The van der Waals surface area contributed by atoms with Crippen LogP contribution in [0.1, 0.15) is 11.1 Å². The number of fused-ring (bicyclic) bond motifs is 1. The molecule has 0 bridgehead atoms. The second-order valence-electron chi connectivity index (χ2n) is 4.66. The number of hydrogen-bond donors (Lipinski definition) is 1. The van der Waals surface area contributed by atoms with E-state index in [1.54, 1.807) is 14.2 Å². The molecule has 112 valence electrons. The minimum atomic E-state index is -3.28. The molecule has 2 rings (SSSR count). The lowest BCUT2D eigenvalue weighted by atomic mass is 10.0. The number of rotatable bonds is 5. The molecule has 1 aromatic carbocycles. The zero-order valence-corrected chi connectivity index (χ0v) is 12.6. The molecule has 1 heterocycles. The van der Waals surface area contributed by atoms with Crippen LogP contribution in [0.3, 0.4) is 0 Å². The van der Waals surface area contributed by atoms with Gasteiger partial charge in [0.1, 0.15) is 0 Å². The van der Waals surface area contributed by atoms with Crippen LogP contribution in [0.15, 0.2) is 12.1 Å². The van der Waals surface area contributed by atoms with Crippen molar-refractivity contribution in [3.8, 4) is 11.5 Å². The lowest BCUT2D eigenvalue weighted by Gasteiger charge is -2.28. The highest BCUT2D eigenvalue weighted by atomic mass is 32.2. The van der Waals surface area contributed by atoms with Gasteiger partial charge in [-0.15, -0.1) is 0 Å². The third kappa shape index (κ3) is 2.89. The molecule has 20 heavy (non-hydrogen) atoms. The van der Waals surface area contributed by atoms with E-state index in [4.69, 9.17) is 15.2 Å². The van der Waals surface area contributed by atoms with Crippen molar-refractivity contribution in [2.75, 3.05) is 33.1 Å². The van der Waals surface area contributed by atoms with Crippen LogP contribution in [0.2, 0.25) is 0 Å². The summed E-state index contributed by atoms with van der Waals surface area (Å²) in [4.78, 5) is 0. The van der Waals surface area contributed by atoms with E-state index in [1.807, 2.05) is 12.1 Å². The number of hydrogen-bond acceptors (Lipinski definition) is 5. The average molecular weight is 300 g/mol. The summed E-state index contributed by atoms with van der Waals surface area (Å²) >= 11 is 0. The summed E-state index contributed by atoms with van der Waals surface area (Å²) in [5.41, 5.74) is 7.41. The fourth-order valence-electron chi connectivity index (χ4n) is 2.37. The Labute approximate surface area is 119 Å². The van der Waals surface area contributed by atoms with E-state index in [9.17, 15) is 8.42 Å². The van der Waals surface area contributed by atoms with Gasteiger partial charge < -0.3 is 15.2 Å². The SMILES string of the molecule is COc1cc2c(cc1OC)CN(S(=O)(=O)CCN)CC2. The largest absolute Gasteiger partial charge is 0.493 e. The van der Waals surface area contributed by atoms with Crippen molar-refractivity contribution < 1.29 is 17.9 Å². The van der Waals surface area contributed by atoms with Crippen LogP contribution in [0.5, 0.6) is 11.5 Å². The molecule has 0 aromatic heterocycles. The first-order chi connectivity index (χ1) is 9.51. The summed E-state index contributed by atoms with van der Waals surface area (Å²) in [5.74, 6) is 1.27. The van der Waals surface area contributed by atoms with Crippen molar-refractivity contribution in [3.63, 3.8) is 0 Å². The Morgan fingerprint density at radius 1 is 1.20 bits per heavy atom. The third-order valence-corrected chi connectivity index (χ3v) is 5.30. The third-order valence-electron chi connectivity index (χ3n) is 3.45. The van der Waals surface area contributed by atoms with E-state index < -0.39 is 10.0 Å². The molecule has 1 aliphatic heterocycles. The van der Waals surface area contributed by atoms with Gasteiger partial charge in [-0.05, 0) is 29.7 Å². The minimum Gasteiger partial charge on any atom is -0.493 e. The van der Waals surface area contributed by atoms with Crippen LogP contribution < -0.4 is 15.2 Å². The maximum absolute atomic E-state index is 12.1. The van der Waals surface area contributed by atoms with Gasteiger partial charge in [-0.1, -0.05) is 0 Å². The lowest BCUT2D eigenvalue weighted by molar-refractivity contribution is 0.348. The van der Waals surface area contributed by atoms with Gasteiger partial charge in [0.25, 0.3) is 0 Å². The van der Waals surface area contributed by atoms with Crippen molar-refractivity contribution in [2.45, 2.75) is 13.0 Å². The molecular weight excluding hydrogens is 280 g/mol. The van der Waals surface area contributed by atoms with Crippen LogP contribution in [0.4, 0.5) is 0 Å². The van der Waals surface area contributed by atoms with Crippen molar-refractivity contribution in [1.82, 2.24) is 4.31 Å². The molecular formula is C13H20N2O4S. The fraction of sp³-hybridized carbons (Fsp3) is 0.538. The molecule has 6 nitrogen and oxygen atoms in total. The standard InChI is InChI=1S/C13H20N2O4S/c1-18-12-7-10-3-5-15(20(16,17)6-4-14)9-11(10)8-13(12)19-2/h7-8H,3-6,9,14H2,1-2H3.